The van der Waals surface area contributed by atoms with Gasteiger partial charge in [0.25, 0.3) is 0 Å². The Kier molecular flexibility index (Phi) is 4.74. The molecule has 2 amide bonds. The lowest BCUT2D eigenvalue weighted by molar-refractivity contribution is -0.133. The summed E-state index contributed by atoms with van der Waals surface area (Å²) in [6, 6.07) is 6.42. The number of halogens is 2. The molecule has 2 aromatic rings. The van der Waals surface area contributed by atoms with Crippen molar-refractivity contribution < 1.29 is 18.4 Å². The maximum absolute atomic E-state index is 13.5. The second-order valence-corrected chi connectivity index (χ2v) is 5.31. The highest BCUT2D eigenvalue weighted by molar-refractivity contribution is 6.43. The lowest BCUT2D eigenvalue weighted by Gasteiger charge is -2.13. The van der Waals surface area contributed by atoms with E-state index in [0.717, 1.165) is 28.8 Å². The summed E-state index contributed by atoms with van der Waals surface area (Å²) in [7, 11) is 0. The van der Waals surface area contributed by atoms with Crippen LogP contribution < -0.4 is 10.6 Å². The average Bonchev–Trinajstić information content (AvgIpc) is 2.45. The third-order valence-corrected chi connectivity index (χ3v) is 3.30. The zero-order chi connectivity index (χ0) is 17.1. The molecule has 2 rings (SSSR count). The summed E-state index contributed by atoms with van der Waals surface area (Å²) in [6.07, 6.45) is 0. The predicted octanol–water partition coefficient (Wildman–Crippen LogP) is 3.47. The zero-order valence-electron chi connectivity index (χ0n) is 13.0. The molecule has 4 nitrogen and oxygen atoms in total. The Hall–Kier alpha value is -2.76. The van der Waals surface area contributed by atoms with Crippen molar-refractivity contribution in [1.29, 1.82) is 0 Å². The zero-order valence-corrected chi connectivity index (χ0v) is 13.0. The first kappa shape index (κ1) is 16.6. The number of carbonyl (C=O) groups excluding carboxylic acids is 2. The van der Waals surface area contributed by atoms with E-state index < -0.39 is 23.4 Å². The Labute approximate surface area is 132 Å². The van der Waals surface area contributed by atoms with Crippen LogP contribution in [0.15, 0.2) is 30.3 Å². The van der Waals surface area contributed by atoms with Gasteiger partial charge < -0.3 is 10.6 Å². The van der Waals surface area contributed by atoms with Gasteiger partial charge in [-0.2, -0.15) is 0 Å². The first-order valence-corrected chi connectivity index (χ1v) is 6.93. The number of carbonyl (C=O) groups is 2. The summed E-state index contributed by atoms with van der Waals surface area (Å²) in [4.78, 5) is 23.8. The lowest BCUT2D eigenvalue weighted by Crippen LogP contribution is -2.30. The fourth-order valence-corrected chi connectivity index (χ4v) is 2.32. The minimum atomic E-state index is -1.03. The SMILES string of the molecule is Cc1cc(C)c(NC(=O)C(=O)Nc2ccc(F)cc2F)c(C)c1. The van der Waals surface area contributed by atoms with E-state index in [4.69, 9.17) is 0 Å². The van der Waals surface area contributed by atoms with Crippen LogP contribution in [0, 0.1) is 32.4 Å². The highest BCUT2D eigenvalue weighted by Crippen LogP contribution is 2.22. The molecule has 0 aliphatic heterocycles. The molecule has 2 N–H and O–H groups in total. The second-order valence-electron chi connectivity index (χ2n) is 5.31. The molecule has 6 heteroatoms. The number of hydrogen-bond acceptors (Lipinski definition) is 2. The summed E-state index contributed by atoms with van der Waals surface area (Å²) >= 11 is 0. The van der Waals surface area contributed by atoms with Gasteiger partial charge in [0.15, 0.2) is 0 Å². The third-order valence-electron chi connectivity index (χ3n) is 3.30. The standard InChI is InChI=1S/C17H16F2N2O2/c1-9-6-10(2)15(11(3)7-9)21-17(23)16(22)20-14-5-4-12(18)8-13(14)19/h4-8H,1-3H3,(H,20,22)(H,21,23). The summed E-state index contributed by atoms with van der Waals surface area (Å²) in [6.45, 7) is 5.55. The summed E-state index contributed by atoms with van der Waals surface area (Å²) < 4.78 is 26.3. The van der Waals surface area contributed by atoms with Crippen LogP contribution in [-0.2, 0) is 9.59 Å². The van der Waals surface area contributed by atoms with E-state index >= 15 is 0 Å². The van der Waals surface area contributed by atoms with Crippen LogP contribution in [0.1, 0.15) is 16.7 Å². The smallest absolute Gasteiger partial charge is 0.314 e. The van der Waals surface area contributed by atoms with Crippen molar-refractivity contribution in [2.45, 2.75) is 20.8 Å². The second kappa shape index (κ2) is 6.56. The molecule has 0 atom stereocenters. The fraction of sp³-hybridized carbons (Fsp3) is 0.176. The van der Waals surface area contributed by atoms with Crippen molar-refractivity contribution in [2.24, 2.45) is 0 Å². The molecule has 0 aromatic heterocycles. The van der Waals surface area contributed by atoms with Crippen LogP contribution in [0.4, 0.5) is 20.2 Å². The number of anilines is 2. The highest BCUT2D eigenvalue weighted by atomic mass is 19.1. The van der Waals surface area contributed by atoms with Crippen molar-refractivity contribution >= 4 is 23.2 Å². The topological polar surface area (TPSA) is 58.2 Å². The lowest BCUT2D eigenvalue weighted by atomic mass is 10.1. The Morgan fingerprint density at radius 2 is 1.43 bits per heavy atom. The molecule has 0 unspecified atom stereocenters. The van der Waals surface area contributed by atoms with Gasteiger partial charge in [0, 0.05) is 11.8 Å². The van der Waals surface area contributed by atoms with Crippen LogP contribution in [0.3, 0.4) is 0 Å². The van der Waals surface area contributed by atoms with Gasteiger partial charge in [-0.05, 0) is 44.0 Å². The minimum Gasteiger partial charge on any atom is -0.317 e. The normalized spacial score (nSPS) is 10.3. The van der Waals surface area contributed by atoms with Crippen LogP contribution in [0.2, 0.25) is 0 Å². The third kappa shape index (κ3) is 3.91. The number of hydrogen-bond donors (Lipinski definition) is 2. The van der Waals surface area contributed by atoms with Gasteiger partial charge in [-0.3, -0.25) is 9.59 Å². The van der Waals surface area contributed by atoms with Crippen LogP contribution in [-0.4, -0.2) is 11.8 Å². The molecule has 0 bridgehead atoms. The van der Waals surface area contributed by atoms with Gasteiger partial charge in [-0.15, -0.1) is 0 Å². The summed E-state index contributed by atoms with van der Waals surface area (Å²) in [5, 5.41) is 4.62. The monoisotopic (exact) mass is 318 g/mol. The molecule has 0 fully saturated rings. The van der Waals surface area contributed by atoms with Gasteiger partial charge in [0.2, 0.25) is 0 Å². The largest absolute Gasteiger partial charge is 0.317 e. The van der Waals surface area contributed by atoms with E-state index in [9.17, 15) is 18.4 Å². The number of amides is 2. The Morgan fingerprint density at radius 3 is 2.00 bits per heavy atom. The van der Waals surface area contributed by atoms with Gasteiger partial charge in [-0.1, -0.05) is 17.7 Å². The molecule has 0 aliphatic carbocycles. The first-order valence-electron chi connectivity index (χ1n) is 6.93. The number of rotatable bonds is 2. The van der Waals surface area contributed by atoms with Crippen molar-refractivity contribution in [1.82, 2.24) is 0 Å². The van der Waals surface area contributed by atoms with Crippen molar-refractivity contribution in [3.63, 3.8) is 0 Å². The highest BCUT2D eigenvalue weighted by Gasteiger charge is 2.18. The van der Waals surface area contributed by atoms with Crippen LogP contribution in [0.25, 0.3) is 0 Å². The van der Waals surface area contributed by atoms with E-state index in [1.54, 1.807) is 0 Å². The number of nitrogens with one attached hydrogen (secondary N) is 2. The maximum atomic E-state index is 13.5. The molecule has 0 spiro atoms. The van der Waals surface area contributed by atoms with Gasteiger partial charge in [-0.25, -0.2) is 8.78 Å². The Balaban J connectivity index is 2.13. The number of aryl methyl sites for hydroxylation is 3. The molecular formula is C17H16F2N2O2. The van der Waals surface area contributed by atoms with Crippen LogP contribution >= 0.6 is 0 Å². The van der Waals surface area contributed by atoms with Crippen LogP contribution in [0.5, 0.6) is 0 Å². The summed E-state index contributed by atoms with van der Waals surface area (Å²) in [5.74, 6) is -3.68. The van der Waals surface area contributed by atoms with Crippen molar-refractivity contribution in [3.05, 3.63) is 58.7 Å². The molecule has 0 saturated heterocycles. The Bertz CT molecular complexity index is 765. The molecule has 2 aromatic carbocycles. The van der Waals surface area contributed by atoms with Crippen molar-refractivity contribution in [3.8, 4) is 0 Å². The van der Waals surface area contributed by atoms with E-state index in [1.807, 2.05) is 32.9 Å². The maximum Gasteiger partial charge on any atom is 0.314 e. The molecule has 0 saturated carbocycles. The van der Waals surface area contributed by atoms with E-state index in [1.165, 1.54) is 0 Å². The molecule has 0 radical (unpaired) electrons. The number of benzene rings is 2. The van der Waals surface area contributed by atoms with Crippen molar-refractivity contribution in [2.75, 3.05) is 10.6 Å². The Morgan fingerprint density at radius 1 is 0.870 bits per heavy atom. The van der Waals surface area contributed by atoms with E-state index in [0.29, 0.717) is 11.8 Å². The first-order chi connectivity index (χ1) is 10.8. The molecule has 0 aliphatic rings. The minimum absolute atomic E-state index is 0.260. The van der Waals surface area contributed by atoms with E-state index in [2.05, 4.69) is 10.6 Å². The molecule has 23 heavy (non-hydrogen) atoms. The van der Waals surface area contributed by atoms with Gasteiger partial charge >= 0.3 is 11.8 Å². The average molecular weight is 318 g/mol. The van der Waals surface area contributed by atoms with E-state index in [-0.39, 0.29) is 5.69 Å². The van der Waals surface area contributed by atoms with Gasteiger partial charge in [0.1, 0.15) is 11.6 Å². The quantitative estimate of drug-likeness (QED) is 0.833. The summed E-state index contributed by atoms with van der Waals surface area (Å²) in [5.41, 5.74) is 2.95. The molecular weight excluding hydrogens is 302 g/mol. The predicted molar refractivity (Wildman–Crippen MR) is 84.3 cm³/mol. The fourth-order valence-electron chi connectivity index (χ4n) is 2.32. The van der Waals surface area contributed by atoms with Gasteiger partial charge in [0.05, 0.1) is 5.69 Å². The molecule has 120 valence electrons. The molecule has 0 heterocycles.